The lowest BCUT2D eigenvalue weighted by Crippen LogP contribution is -2.22. The lowest BCUT2D eigenvalue weighted by molar-refractivity contribution is -0.119. The minimum absolute atomic E-state index is 0.0941. The lowest BCUT2D eigenvalue weighted by Gasteiger charge is -2.11. The summed E-state index contributed by atoms with van der Waals surface area (Å²) in [5, 5.41) is 11.4. The van der Waals surface area contributed by atoms with Gasteiger partial charge in [-0.25, -0.2) is 9.18 Å². The van der Waals surface area contributed by atoms with Gasteiger partial charge in [-0.2, -0.15) is 0 Å². The molecule has 0 saturated heterocycles. The zero-order valence-corrected chi connectivity index (χ0v) is 9.94. The van der Waals surface area contributed by atoms with Crippen LogP contribution in [0.15, 0.2) is 18.2 Å². The van der Waals surface area contributed by atoms with Crippen LogP contribution in [0.25, 0.3) is 0 Å². The number of amides is 1. The van der Waals surface area contributed by atoms with Crippen molar-refractivity contribution in [2.75, 3.05) is 5.32 Å². The summed E-state index contributed by atoms with van der Waals surface area (Å²) in [6.45, 7) is 1.84. The number of hydrogen-bond donors (Lipinski definition) is 2. The number of hydrogen-bond acceptors (Lipinski definition) is 2. The Labute approximate surface area is 104 Å². The number of halogens is 1. The van der Waals surface area contributed by atoms with Gasteiger partial charge in [0.05, 0.1) is 5.56 Å². The topological polar surface area (TPSA) is 66.4 Å². The number of aromatic carboxylic acids is 1. The molecule has 5 heteroatoms. The highest BCUT2D eigenvalue weighted by molar-refractivity contribution is 5.95. The van der Waals surface area contributed by atoms with Gasteiger partial charge in [-0.15, -0.1) is 0 Å². The average molecular weight is 251 g/mol. The first-order valence-electron chi connectivity index (χ1n) is 5.82. The number of anilines is 1. The van der Waals surface area contributed by atoms with Crippen molar-refractivity contribution in [3.8, 4) is 0 Å². The molecule has 1 aromatic rings. The van der Waals surface area contributed by atoms with Gasteiger partial charge in [0.1, 0.15) is 5.82 Å². The lowest BCUT2D eigenvalue weighted by atomic mass is 10.1. The summed E-state index contributed by atoms with van der Waals surface area (Å²) in [4.78, 5) is 22.6. The fourth-order valence-electron chi connectivity index (χ4n) is 1.83. The molecule has 1 unspecified atom stereocenters. The van der Waals surface area contributed by atoms with Crippen molar-refractivity contribution in [1.82, 2.24) is 0 Å². The predicted molar refractivity (Wildman–Crippen MR) is 63.9 cm³/mol. The van der Waals surface area contributed by atoms with Gasteiger partial charge in [0, 0.05) is 11.6 Å². The van der Waals surface area contributed by atoms with Gasteiger partial charge in [0.2, 0.25) is 5.91 Å². The summed E-state index contributed by atoms with van der Waals surface area (Å²) in [7, 11) is 0. The summed E-state index contributed by atoms with van der Waals surface area (Å²) in [5.41, 5.74) is -0.127. The van der Waals surface area contributed by atoms with E-state index < -0.39 is 17.3 Å². The molecule has 0 spiro atoms. The third-order valence-corrected chi connectivity index (χ3v) is 3.21. The molecule has 0 aromatic heterocycles. The monoisotopic (exact) mass is 251 g/mol. The summed E-state index contributed by atoms with van der Waals surface area (Å²) >= 11 is 0. The second-order valence-electron chi connectivity index (χ2n) is 4.62. The van der Waals surface area contributed by atoms with E-state index in [1.807, 2.05) is 6.92 Å². The van der Waals surface area contributed by atoms with E-state index in [9.17, 15) is 14.0 Å². The molecule has 0 bridgehead atoms. The quantitative estimate of drug-likeness (QED) is 0.864. The van der Waals surface area contributed by atoms with Crippen molar-refractivity contribution in [2.45, 2.75) is 19.8 Å². The third-order valence-electron chi connectivity index (χ3n) is 3.21. The molecule has 1 fully saturated rings. The normalized spacial score (nSPS) is 16.1. The zero-order valence-electron chi connectivity index (χ0n) is 9.94. The van der Waals surface area contributed by atoms with E-state index in [-0.39, 0.29) is 11.8 Å². The van der Waals surface area contributed by atoms with Gasteiger partial charge in [0.15, 0.2) is 0 Å². The van der Waals surface area contributed by atoms with Gasteiger partial charge < -0.3 is 10.4 Å². The van der Waals surface area contributed by atoms with E-state index in [1.54, 1.807) is 0 Å². The molecule has 1 saturated carbocycles. The molecule has 0 aliphatic heterocycles. The zero-order chi connectivity index (χ0) is 13.3. The van der Waals surface area contributed by atoms with Crippen molar-refractivity contribution in [1.29, 1.82) is 0 Å². The molecule has 1 aromatic carbocycles. The van der Waals surface area contributed by atoms with Gasteiger partial charge in [0.25, 0.3) is 0 Å². The van der Waals surface area contributed by atoms with Crippen molar-refractivity contribution in [2.24, 2.45) is 11.8 Å². The summed E-state index contributed by atoms with van der Waals surface area (Å²) < 4.78 is 13.2. The van der Waals surface area contributed by atoms with Gasteiger partial charge in [-0.1, -0.05) is 6.92 Å². The predicted octanol–water partition coefficient (Wildman–Crippen LogP) is 2.51. The van der Waals surface area contributed by atoms with Crippen molar-refractivity contribution < 1.29 is 19.1 Å². The Morgan fingerprint density at radius 1 is 1.44 bits per heavy atom. The van der Waals surface area contributed by atoms with Crippen LogP contribution in [0.5, 0.6) is 0 Å². The molecular formula is C13H14FNO3. The number of carboxylic acid groups (broad SMARTS) is 1. The number of carbonyl (C=O) groups is 2. The highest BCUT2D eigenvalue weighted by atomic mass is 19.1. The first-order chi connectivity index (χ1) is 8.49. The van der Waals surface area contributed by atoms with Crippen LogP contribution >= 0.6 is 0 Å². The molecule has 96 valence electrons. The van der Waals surface area contributed by atoms with Gasteiger partial charge in [-0.05, 0) is 37.0 Å². The molecule has 1 aliphatic rings. The number of benzene rings is 1. The Kier molecular flexibility index (Phi) is 3.32. The largest absolute Gasteiger partial charge is 0.478 e. The van der Waals surface area contributed by atoms with Crippen LogP contribution in [0.2, 0.25) is 0 Å². The number of rotatable bonds is 4. The van der Waals surface area contributed by atoms with Crippen LogP contribution in [-0.2, 0) is 4.79 Å². The maximum atomic E-state index is 13.2. The number of carboxylic acids is 1. The molecular weight excluding hydrogens is 237 g/mol. The first-order valence-corrected chi connectivity index (χ1v) is 5.82. The SMILES string of the molecule is CC(C(=O)Nc1ccc(F)c(C(=O)O)c1)C1CC1. The molecule has 1 amide bonds. The fraction of sp³-hybridized carbons (Fsp3) is 0.385. The molecule has 4 nitrogen and oxygen atoms in total. The second kappa shape index (κ2) is 4.76. The molecule has 1 aliphatic carbocycles. The molecule has 1 atom stereocenters. The van der Waals surface area contributed by atoms with Crippen molar-refractivity contribution >= 4 is 17.6 Å². The molecule has 0 heterocycles. The standard InChI is InChI=1S/C13H14FNO3/c1-7(8-2-3-8)12(16)15-9-4-5-11(14)10(6-9)13(17)18/h4-8H,2-3H2,1H3,(H,15,16)(H,17,18). The first kappa shape index (κ1) is 12.5. The van der Waals surface area contributed by atoms with E-state index >= 15 is 0 Å². The Balaban J connectivity index is 2.11. The highest BCUT2D eigenvalue weighted by Gasteiger charge is 2.32. The van der Waals surface area contributed by atoms with Crippen LogP contribution in [0, 0.1) is 17.7 Å². The van der Waals surface area contributed by atoms with Crippen LogP contribution in [0.1, 0.15) is 30.1 Å². The van der Waals surface area contributed by atoms with Crippen LogP contribution in [0.3, 0.4) is 0 Å². The van der Waals surface area contributed by atoms with Crippen molar-refractivity contribution in [3.05, 3.63) is 29.6 Å². The summed E-state index contributed by atoms with van der Waals surface area (Å²) in [5.74, 6) is -1.98. The maximum absolute atomic E-state index is 13.2. The molecule has 2 N–H and O–H groups in total. The van der Waals surface area contributed by atoms with E-state index in [0.717, 1.165) is 25.0 Å². The molecule has 18 heavy (non-hydrogen) atoms. The fourth-order valence-corrected chi connectivity index (χ4v) is 1.83. The molecule has 2 rings (SSSR count). The van der Waals surface area contributed by atoms with Gasteiger partial charge >= 0.3 is 5.97 Å². The van der Waals surface area contributed by atoms with Crippen LogP contribution in [-0.4, -0.2) is 17.0 Å². The summed E-state index contributed by atoms with van der Waals surface area (Å²) in [6.07, 6.45) is 2.11. The highest BCUT2D eigenvalue weighted by Crippen LogP contribution is 2.37. The van der Waals surface area contributed by atoms with E-state index in [0.29, 0.717) is 11.6 Å². The van der Waals surface area contributed by atoms with Gasteiger partial charge in [-0.3, -0.25) is 4.79 Å². The Hall–Kier alpha value is -1.91. The van der Waals surface area contributed by atoms with Crippen molar-refractivity contribution in [3.63, 3.8) is 0 Å². The Bertz CT molecular complexity index is 497. The average Bonchev–Trinajstić information content (AvgIpc) is 3.14. The van der Waals surface area contributed by atoms with Crippen LogP contribution in [0.4, 0.5) is 10.1 Å². The van der Waals surface area contributed by atoms with E-state index in [4.69, 9.17) is 5.11 Å². The van der Waals surface area contributed by atoms with E-state index in [2.05, 4.69) is 5.32 Å². The minimum Gasteiger partial charge on any atom is -0.478 e. The van der Waals surface area contributed by atoms with E-state index in [1.165, 1.54) is 6.07 Å². The maximum Gasteiger partial charge on any atom is 0.338 e. The summed E-state index contributed by atoms with van der Waals surface area (Å²) in [6, 6.07) is 3.54. The minimum atomic E-state index is -1.35. The second-order valence-corrected chi connectivity index (χ2v) is 4.62. The number of nitrogens with one attached hydrogen (secondary N) is 1. The Morgan fingerprint density at radius 2 is 2.11 bits per heavy atom. The Morgan fingerprint density at radius 3 is 2.67 bits per heavy atom. The molecule has 0 radical (unpaired) electrons. The number of carbonyl (C=O) groups excluding carboxylic acids is 1. The smallest absolute Gasteiger partial charge is 0.338 e. The third kappa shape index (κ3) is 2.67. The van der Waals surface area contributed by atoms with Crippen LogP contribution < -0.4 is 5.32 Å².